The first-order valence-corrected chi connectivity index (χ1v) is 20.1. The molecule has 0 rings (SSSR count). The van der Waals surface area contributed by atoms with Gasteiger partial charge in [-0.25, -0.2) is 18.7 Å². The summed E-state index contributed by atoms with van der Waals surface area (Å²) in [5, 5.41) is 8.93. The van der Waals surface area contributed by atoms with Crippen molar-refractivity contribution in [2.45, 2.75) is 28.2 Å². The van der Waals surface area contributed by atoms with E-state index in [1.165, 1.54) is 0 Å². The highest BCUT2D eigenvalue weighted by Gasteiger charge is 2.38. The lowest BCUT2D eigenvalue weighted by molar-refractivity contribution is 0.165. The molecule has 0 aliphatic carbocycles. The summed E-state index contributed by atoms with van der Waals surface area (Å²) < 4.78 is 44.3. The first kappa shape index (κ1) is 51.3. The molecule has 42 heavy (non-hydrogen) atoms. The monoisotopic (exact) mass is 806 g/mol. The van der Waals surface area contributed by atoms with E-state index in [0.717, 1.165) is 6.42 Å². The zero-order valence-electron chi connectivity index (χ0n) is 22.9. The molecule has 260 valence electrons. The Kier molecular flexibility index (Phi) is 40.8. The van der Waals surface area contributed by atoms with Crippen LogP contribution < -0.4 is 0 Å². The Morgan fingerprint density at radius 3 is 0.881 bits per heavy atom. The van der Waals surface area contributed by atoms with Crippen LogP contribution in [0, 0.1) is 0 Å². The van der Waals surface area contributed by atoms with Gasteiger partial charge in [-0.2, -0.15) is 0 Å². The minimum atomic E-state index is -3.35. The fourth-order valence-corrected chi connectivity index (χ4v) is 10.8. The highest BCUT2D eigenvalue weighted by atomic mass is 35.5. The van der Waals surface area contributed by atoms with Crippen LogP contribution in [0.2, 0.25) is 0 Å². The lowest BCUT2D eigenvalue weighted by Crippen LogP contribution is -2.37. The van der Waals surface area contributed by atoms with E-state index in [-0.39, 0.29) is 28.1 Å². The number of nitrogens with zero attached hydrogens (tertiary/aromatic N) is 4. The molecule has 0 atom stereocenters. The molecular formula is C23H52Cl8N4O5P2. The van der Waals surface area contributed by atoms with Gasteiger partial charge in [0.2, 0.25) is 0 Å². The Morgan fingerprint density at radius 2 is 0.714 bits per heavy atom. The van der Waals surface area contributed by atoms with Gasteiger partial charge in [0.25, 0.3) is 0 Å². The van der Waals surface area contributed by atoms with Crippen molar-refractivity contribution < 1.29 is 23.3 Å². The third-order valence-corrected chi connectivity index (χ3v) is 11.8. The average molecular weight is 810 g/mol. The maximum absolute atomic E-state index is 13.3. The van der Waals surface area contributed by atoms with E-state index < -0.39 is 15.3 Å². The third-order valence-electron chi connectivity index (χ3n) is 4.99. The quantitative estimate of drug-likeness (QED) is 0.0690. The van der Waals surface area contributed by atoms with Crippen molar-refractivity contribution in [3.63, 3.8) is 0 Å². The smallest absolute Gasteiger partial charge is 0.346 e. The van der Waals surface area contributed by atoms with E-state index in [4.69, 9.17) is 107 Å². The fraction of sp³-hybridized carbons (Fsp3) is 1.00. The zero-order chi connectivity index (χ0) is 30.9. The van der Waals surface area contributed by atoms with E-state index in [9.17, 15) is 9.13 Å². The molecule has 0 radical (unpaired) electrons. The second kappa shape index (κ2) is 33.4. The molecule has 0 aliphatic rings. The minimum absolute atomic E-state index is 0. The minimum Gasteiger partial charge on any atom is -0.394 e. The van der Waals surface area contributed by atoms with Gasteiger partial charge >= 0.3 is 15.3 Å². The first-order valence-electron chi connectivity index (χ1n) is 12.8. The summed E-state index contributed by atoms with van der Waals surface area (Å²) in [6.45, 7) is 5.30. The van der Waals surface area contributed by atoms with E-state index >= 15 is 0 Å². The summed E-state index contributed by atoms with van der Waals surface area (Å²) >= 11 is 46.2. The van der Waals surface area contributed by atoms with Crippen molar-refractivity contribution in [2.24, 2.45) is 0 Å². The van der Waals surface area contributed by atoms with Crippen LogP contribution in [0.1, 0.15) is 28.2 Å². The number of aliphatic hydroxyl groups is 1. The SMILES string of the molecule is C.C.CCCOP(=O)(N(CCCl)CCCl)N(CCCl)CCCl.O=P(OCCO)(N(CCCl)CCCl)N(CCCl)CCCl. The Balaban J connectivity index is -0.000000328. The molecule has 0 aliphatic heterocycles. The van der Waals surface area contributed by atoms with Gasteiger partial charge in [0, 0.05) is 99.4 Å². The van der Waals surface area contributed by atoms with Crippen molar-refractivity contribution in [3.8, 4) is 0 Å². The molecule has 0 aromatic heterocycles. The number of alkyl halides is 8. The van der Waals surface area contributed by atoms with E-state index in [1.54, 1.807) is 18.7 Å². The highest BCUT2D eigenvalue weighted by Crippen LogP contribution is 2.55. The van der Waals surface area contributed by atoms with E-state index in [1.807, 2.05) is 6.92 Å². The summed E-state index contributed by atoms with van der Waals surface area (Å²) in [4.78, 5) is 0. The topological polar surface area (TPSA) is 85.8 Å². The molecule has 0 unspecified atom stereocenters. The van der Waals surface area contributed by atoms with Gasteiger partial charge in [-0.1, -0.05) is 21.8 Å². The summed E-state index contributed by atoms with van der Waals surface area (Å²) in [7, 11) is -6.55. The molecule has 0 bridgehead atoms. The molecule has 0 spiro atoms. The van der Waals surface area contributed by atoms with Gasteiger partial charge in [-0.15, -0.1) is 92.8 Å². The number of rotatable bonds is 26. The number of aliphatic hydroxyl groups excluding tert-OH is 1. The predicted molar refractivity (Wildman–Crippen MR) is 190 cm³/mol. The van der Waals surface area contributed by atoms with E-state index in [2.05, 4.69) is 0 Å². The maximum atomic E-state index is 13.3. The number of hydrogen-bond donors (Lipinski definition) is 1. The largest absolute Gasteiger partial charge is 0.394 e. The molecular weight excluding hydrogens is 758 g/mol. The van der Waals surface area contributed by atoms with Crippen LogP contribution >= 0.6 is 108 Å². The molecule has 1 N–H and O–H groups in total. The van der Waals surface area contributed by atoms with Crippen molar-refractivity contribution in [1.82, 2.24) is 18.7 Å². The molecule has 0 fully saturated rings. The fourth-order valence-electron chi connectivity index (χ4n) is 3.29. The maximum Gasteiger partial charge on any atom is 0.346 e. The van der Waals surface area contributed by atoms with Gasteiger partial charge in [0.15, 0.2) is 0 Å². The summed E-state index contributed by atoms with van der Waals surface area (Å²) in [5.74, 6) is 2.58. The molecule has 0 amide bonds. The van der Waals surface area contributed by atoms with Gasteiger partial charge in [0.1, 0.15) is 0 Å². The summed E-state index contributed by atoms with van der Waals surface area (Å²) in [5.41, 5.74) is 0. The molecule has 0 saturated carbocycles. The second-order valence-electron chi connectivity index (χ2n) is 7.70. The lowest BCUT2D eigenvalue weighted by Gasteiger charge is -2.37. The normalized spacial score (nSPS) is 12.0. The van der Waals surface area contributed by atoms with Crippen LogP contribution in [-0.4, -0.2) is 143 Å². The highest BCUT2D eigenvalue weighted by molar-refractivity contribution is 7.54. The van der Waals surface area contributed by atoms with Crippen LogP contribution in [0.5, 0.6) is 0 Å². The standard InChI is InChI=1S/C11H23Cl4N2O2P.C10H21Cl4N2O3P.2CH4/c1-2-11-19-20(18,16(7-3-12)8-4-13)17(9-5-14)10-6-15;11-1-5-15(6-2-12)20(18,19-10-9-17)16(7-3-13)8-4-14;;/h2-11H2,1H3;17H,1-10H2;2*1H4. The van der Waals surface area contributed by atoms with Crippen LogP contribution in [-0.2, 0) is 18.2 Å². The molecule has 0 heterocycles. The Hall–Kier alpha value is 2.50. The van der Waals surface area contributed by atoms with Crippen molar-refractivity contribution in [2.75, 3.05) is 119 Å². The van der Waals surface area contributed by atoms with Crippen LogP contribution in [0.25, 0.3) is 0 Å². The zero-order valence-corrected chi connectivity index (χ0v) is 30.8. The molecule has 19 heteroatoms. The van der Waals surface area contributed by atoms with Crippen LogP contribution in [0.3, 0.4) is 0 Å². The molecule has 0 saturated heterocycles. The Labute approximate surface area is 295 Å². The van der Waals surface area contributed by atoms with Gasteiger partial charge in [0.05, 0.1) is 19.8 Å². The van der Waals surface area contributed by atoms with Crippen LogP contribution in [0.15, 0.2) is 0 Å². The molecule has 0 aromatic rings. The third kappa shape index (κ3) is 20.0. The Bertz CT molecular complexity index is 568. The summed E-state index contributed by atoms with van der Waals surface area (Å²) in [6, 6.07) is 0. The number of hydrogen-bond acceptors (Lipinski definition) is 5. The van der Waals surface area contributed by atoms with Crippen molar-refractivity contribution >= 4 is 108 Å². The van der Waals surface area contributed by atoms with Gasteiger partial charge < -0.3 is 14.2 Å². The summed E-state index contributed by atoms with van der Waals surface area (Å²) in [6.07, 6.45) is 0.773. The number of halogens is 8. The molecule has 0 aromatic carbocycles. The van der Waals surface area contributed by atoms with Crippen molar-refractivity contribution in [3.05, 3.63) is 0 Å². The predicted octanol–water partition coefficient (Wildman–Crippen LogP) is 8.02. The van der Waals surface area contributed by atoms with Gasteiger partial charge in [-0.05, 0) is 6.42 Å². The second-order valence-corrected chi connectivity index (χ2v) is 15.5. The lowest BCUT2D eigenvalue weighted by atomic mass is 10.5. The molecule has 9 nitrogen and oxygen atoms in total. The average Bonchev–Trinajstić information content (AvgIpc) is 2.94. The Morgan fingerprint density at radius 1 is 0.500 bits per heavy atom. The van der Waals surface area contributed by atoms with Gasteiger partial charge in [-0.3, -0.25) is 9.13 Å². The van der Waals surface area contributed by atoms with Crippen molar-refractivity contribution in [1.29, 1.82) is 0 Å². The first-order chi connectivity index (χ1) is 19.2. The van der Waals surface area contributed by atoms with E-state index in [0.29, 0.717) is 106 Å². The van der Waals surface area contributed by atoms with Crippen LogP contribution in [0.4, 0.5) is 0 Å².